The molecular formula is C9H19HoNO. The summed E-state index contributed by atoms with van der Waals surface area (Å²) in [6.45, 7) is 7.88. The molecule has 0 saturated heterocycles. The van der Waals surface area contributed by atoms with Crippen molar-refractivity contribution in [3.05, 3.63) is 0 Å². The molecule has 0 rings (SSSR count). The fraction of sp³-hybridized carbons (Fsp3) is 0.889. The van der Waals surface area contributed by atoms with Gasteiger partial charge in [0.05, 0.1) is 0 Å². The molecule has 0 aromatic rings. The average molecular weight is 322 g/mol. The maximum absolute atomic E-state index is 10.0. The minimum atomic E-state index is -0.700. The minimum Gasteiger partial charge on any atom is -0.384 e. The van der Waals surface area contributed by atoms with E-state index in [-0.39, 0.29) is 43.7 Å². The topological polar surface area (TPSA) is 32.6 Å². The molecule has 0 aromatic carbocycles. The SMILES string of the molecule is CCC(O)(C(C)=NC)C(C)C.[Ho]. The van der Waals surface area contributed by atoms with Gasteiger partial charge in [-0.15, -0.1) is 0 Å². The third kappa shape index (κ3) is 3.33. The van der Waals surface area contributed by atoms with E-state index in [9.17, 15) is 5.11 Å². The Labute approximate surface area is 105 Å². The number of aliphatic hydroxyl groups is 1. The number of hydrogen-bond acceptors (Lipinski definition) is 2. The van der Waals surface area contributed by atoms with Gasteiger partial charge in [0.1, 0.15) is 5.60 Å². The number of rotatable bonds is 3. The summed E-state index contributed by atoms with van der Waals surface area (Å²) in [5.74, 6) is 0.233. The molecule has 12 heavy (non-hydrogen) atoms. The Morgan fingerprint density at radius 1 is 1.50 bits per heavy atom. The van der Waals surface area contributed by atoms with Crippen LogP contribution in [0.4, 0.5) is 0 Å². The van der Waals surface area contributed by atoms with Crippen LogP contribution in [0, 0.1) is 43.7 Å². The molecule has 0 bridgehead atoms. The van der Waals surface area contributed by atoms with Crippen LogP contribution in [0.3, 0.4) is 0 Å². The Morgan fingerprint density at radius 2 is 1.92 bits per heavy atom. The fourth-order valence-corrected chi connectivity index (χ4v) is 1.28. The number of hydrogen-bond donors (Lipinski definition) is 1. The summed E-state index contributed by atoms with van der Waals surface area (Å²) in [7, 11) is 1.72. The first-order valence-electron chi connectivity index (χ1n) is 4.15. The molecule has 0 amide bonds. The summed E-state index contributed by atoms with van der Waals surface area (Å²) in [6.07, 6.45) is 0.730. The molecule has 0 aliphatic carbocycles. The number of aliphatic imine (C=N–C) groups is 1. The Balaban J connectivity index is 0. The molecule has 0 saturated carbocycles. The van der Waals surface area contributed by atoms with E-state index < -0.39 is 5.60 Å². The van der Waals surface area contributed by atoms with E-state index >= 15 is 0 Å². The molecule has 0 aliphatic rings. The molecule has 0 heterocycles. The van der Waals surface area contributed by atoms with Crippen LogP contribution in [-0.4, -0.2) is 23.5 Å². The van der Waals surface area contributed by atoms with Gasteiger partial charge in [-0.25, -0.2) is 0 Å². The summed E-state index contributed by atoms with van der Waals surface area (Å²) >= 11 is 0. The van der Waals surface area contributed by atoms with Gasteiger partial charge in [0, 0.05) is 50.5 Å². The zero-order valence-corrected chi connectivity index (χ0v) is 10.4. The minimum absolute atomic E-state index is 0. The van der Waals surface area contributed by atoms with Crippen LogP contribution in [0.2, 0.25) is 0 Å². The summed E-state index contributed by atoms with van der Waals surface area (Å²) in [5, 5.41) is 10.0. The monoisotopic (exact) mass is 322 g/mol. The van der Waals surface area contributed by atoms with Gasteiger partial charge in [0.15, 0.2) is 0 Å². The predicted molar refractivity (Wildman–Crippen MR) is 49.1 cm³/mol. The van der Waals surface area contributed by atoms with E-state index in [0.717, 1.165) is 12.1 Å². The van der Waals surface area contributed by atoms with Crippen LogP contribution in [0.5, 0.6) is 0 Å². The van der Waals surface area contributed by atoms with Crippen LogP contribution in [0.1, 0.15) is 34.1 Å². The zero-order chi connectivity index (χ0) is 9.07. The van der Waals surface area contributed by atoms with Crippen molar-refractivity contribution in [1.29, 1.82) is 0 Å². The van der Waals surface area contributed by atoms with Gasteiger partial charge in [0.25, 0.3) is 0 Å². The summed E-state index contributed by atoms with van der Waals surface area (Å²) in [5.41, 5.74) is 0.129. The molecule has 1 unspecified atom stereocenters. The Bertz CT molecular complexity index is 157. The van der Waals surface area contributed by atoms with Gasteiger partial charge in [-0.2, -0.15) is 0 Å². The first-order valence-corrected chi connectivity index (χ1v) is 4.15. The molecule has 1 N–H and O–H groups in total. The van der Waals surface area contributed by atoms with Crippen LogP contribution in [0.25, 0.3) is 0 Å². The molecule has 0 aromatic heterocycles. The predicted octanol–water partition coefficient (Wildman–Crippen LogP) is 1.87. The molecule has 77 valence electrons. The van der Waals surface area contributed by atoms with Crippen molar-refractivity contribution in [3.8, 4) is 0 Å². The van der Waals surface area contributed by atoms with Crippen molar-refractivity contribution in [2.75, 3.05) is 7.05 Å². The fourth-order valence-electron chi connectivity index (χ4n) is 1.28. The van der Waals surface area contributed by atoms with Crippen molar-refractivity contribution in [2.45, 2.75) is 39.7 Å². The second-order valence-corrected chi connectivity index (χ2v) is 3.24. The van der Waals surface area contributed by atoms with Gasteiger partial charge < -0.3 is 5.11 Å². The molecule has 0 fully saturated rings. The summed E-state index contributed by atoms with van der Waals surface area (Å²) < 4.78 is 0. The third-order valence-corrected chi connectivity index (χ3v) is 2.46. The normalized spacial score (nSPS) is 17.1. The maximum atomic E-state index is 10.0. The zero-order valence-electron chi connectivity index (χ0n) is 8.48. The van der Waals surface area contributed by atoms with Gasteiger partial charge in [-0.3, -0.25) is 4.99 Å². The van der Waals surface area contributed by atoms with E-state index in [1.807, 2.05) is 27.7 Å². The summed E-state index contributed by atoms with van der Waals surface area (Å²) in [6, 6.07) is 0. The van der Waals surface area contributed by atoms with E-state index in [1.54, 1.807) is 7.05 Å². The molecule has 0 aliphatic heterocycles. The third-order valence-electron chi connectivity index (χ3n) is 2.46. The van der Waals surface area contributed by atoms with Gasteiger partial charge in [-0.05, 0) is 19.3 Å². The van der Waals surface area contributed by atoms with Crippen LogP contribution in [0.15, 0.2) is 4.99 Å². The Morgan fingerprint density at radius 3 is 2.00 bits per heavy atom. The first kappa shape index (κ1) is 15.4. The first-order chi connectivity index (χ1) is 4.99. The van der Waals surface area contributed by atoms with Crippen LogP contribution >= 0.6 is 0 Å². The quantitative estimate of drug-likeness (QED) is 0.624. The molecule has 2 nitrogen and oxygen atoms in total. The van der Waals surface area contributed by atoms with Crippen molar-refractivity contribution in [1.82, 2.24) is 0 Å². The Hall–Kier alpha value is 0.890. The van der Waals surface area contributed by atoms with Gasteiger partial charge in [-0.1, -0.05) is 20.8 Å². The van der Waals surface area contributed by atoms with E-state index in [0.29, 0.717) is 0 Å². The smallest absolute Gasteiger partial charge is 0.104 e. The molecule has 1 radical (unpaired) electrons. The van der Waals surface area contributed by atoms with E-state index in [4.69, 9.17) is 0 Å². The average Bonchev–Trinajstić information content (AvgIpc) is 2.01. The molecule has 3 heteroatoms. The van der Waals surface area contributed by atoms with Crippen LogP contribution < -0.4 is 0 Å². The van der Waals surface area contributed by atoms with Crippen LogP contribution in [-0.2, 0) is 0 Å². The molecule has 0 spiro atoms. The largest absolute Gasteiger partial charge is 0.384 e. The van der Waals surface area contributed by atoms with Crippen molar-refractivity contribution in [3.63, 3.8) is 0 Å². The standard InChI is InChI=1S/C9H19NO.Ho/c1-6-9(11,7(2)3)8(4)10-5;/h7,11H,6H2,1-5H3;. The van der Waals surface area contributed by atoms with Gasteiger partial charge in [0.2, 0.25) is 0 Å². The van der Waals surface area contributed by atoms with Crippen molar-refractivity contribution >= 4 is 5.71 Å². The number of nitrogens with zero attached hydrogens (tertiary/aromatic N) is 1. The summed E-state index contributed by atoms with van der Waals surface area (Å²) in [4.78, 5) is 4.02. The van der Waals surface area contributed by atoms with E-state index in [1.165, 1.54) is 0 Å². The van der Waals surface area contributed by atoms with Crippen molar-refractivity contribution < 1.29 is 42.8 Å². The van der Waals surface area contributed by atoms with Crippen molar-refractivity contribution in [2.24, 2.45) is 10.9 Å². The second-order valence-electron chi connectivity index (χ2n) is 3.24. The van der Waals surface area contributed by atoms with Gasteiger partial charge >= 0.3 is 0 Å². The maximum Gasteiger partial charge on any atom is 0.104 e. The molecule has 1 atom stereocenters. The van der Waals surface area contributed by atoms with E-state index in [2.05, 4.69) is 4.99 Å². The second kappa shape index (κ2) is 6.36. The molecular weight excluding hydrogens is 303 g/mol. The Kier molecular flexibility index (Phi) is 8.14.